The molecule has 0 radical (unpaired) electrons. The van der Waals surface area contributed by atoms with E-state index in [1.54, 1.807) is 24.1 Å². The van der Waals surface area contributed by atoms with Crippen LogP contribution in [0.25, 0.3) is 0 Å². The summed E-state index contributed by atoms with van der Waals surface area (Å²) in [7, 11) is 1.76. The van der Waals surface area contributed by atoms with E-state index in [0.29, 0.717) is 17.8 Å². The number of ether oxygens (including phenoxy) is 1. The molecule has 8 heteroatoms. The SMILES string of the molecule is CN(Cc1ccc(C(F)(F)F)cc1)c1ccc(OC(N)=O)c(Cl)c1. The Hall–Kier alpha value is -2.41. The normalized spacial score (nSPS) is 11.2. The van der Waals surface area contributed by atoms with Crippen molar-refractivity contribution < 1.29 is 22.7 Å². The summed E-state index contributed by atoms with van der Waals surface area (Å²) in [5.74, 6) is 0.135. The maximum atomic E-state index is 12.5. The maximum absolute atomic E-state index is 12.5. The van der Waals surface area contributed by atoms with E-state index >= 15 is 0 Å². The van der Waals surface area contributed by atoms with Crippen LogP contribution in [0.2, 0.25) is 5.02 Å². The zero-order valence-electron chi connectivity index (χ0n) is 12.6. The van der Waals surface area contributed by atoms with Crippen LogP contribution in [0, 0.1) is 0 Å². The third-order valence-electron chi connectivity index (χ3n) is 3.27. The van der Waals surface area contributed by atoms with Crippen molar-refractivity contribution in [1.29, 1.82) is 0 Å². The van der Waals surface area contributed by atoms with Gasteiger partial charge in [-0.1, -0.05) is 23.7 Å². The van der Waals surface area contributed by atoms with E-state index in [1.807, 2.05) is 0 Å². The van der Waals surface area contributed by atoms with Crippen LogP contribution in [-0.4, -0.2) is 13.1 Å². The van der Waals surface area contributed by atoms with Crippen molar-refractivity contribution in [2.45, 2.75) is 12.7 Å². The Morgan fingerprint density at radius 1 is 1.21 bits per heavy atom. The molecule has 2 N–H and O–H groups in total. The zero-order chi connectivity index (χ0) is 17.9. The first-order chi connectivity index (χ1) is 11.2. The van der Waals surface area contributed by atoms with Crippen LogP contribution in [0.4, 0.5) is 23.7 Å². The molecule has 0 saturated carbocycles. The number of primary amides is 1. The molecule has 0 spiro atoms. The highest BCUT2D eigenvalue weighted by atomic mass is 35.5. The molecule has 0 unspecified atom stereocenters. The first kappa shape index (κ1) is 17.9. The third kappa shape index (κ3) is 4.55. The van der Waals surface area contributed by atoms with Gasteiger partial charge in [0.25, 0.3) is 0 Å². The zero-order valence-corrected chi connectivity index (χ0v) is 13.4. The second-order valence-electron chi connectivity index (χ2n) is 5.09. The minimum absolute atomic E-state index is 0.135. The summed E-state index contributed by atoms with van der Waals surface area (Å²) >= 11 is 6.01. The van der Waals surface area contributed by atoms with E-state index in [0.717, 1.165) is 12.1 Å². The fourth-order valence-corrected chi connectivity index (χ4v) is 2.30. The van der Waals surface area contributed by atoms with Crippen molar-refractivity contribution in [3.05, 3.63) is 58.6 Å². The van der Waals surface area contributed by atoms with E-state index in [-0.39, 0.29) is 10.8 Å². The highest BCUT2D eigenvalue weighted by Gasteiger charge is 2.29. The summed E-state index contributed by atoms with van der Waals surface area (Å²) in [6.07, 6.45) is -5.32. The molecule has 2 aromatic rings. The third-order valence-corrected chi connectivity index (χ3v) is 3.56. The lowest BCUT2D eigenvalue weighted by Gasteiger charge is -2.20. The summed E-state index contributed by atoms with van der Waals surface area (Å²) in [5, 5.41) is 0.200. The molecular weight excluding hydrogens is 345 g/mol. The minimum Gasteiger partial charge on any atom is -0.409 e. The first-order valence-corrected chi connectivity index (χ1v) is 7.18. The molecule has 4 nitrogen and oxygen atoms in total. The quantitative estimate of drug-likeness (QED) is 0.878. The van der Waals surface area contributed by atoms with Crippen LogP contribution in [0.3, 0.4) is 0 Å². The van der Waals surface area contributed by atoms with Crippen molar-refractivity contribution >= 4 is 23.4 Å². The molecule has 2 aromatic carbocycles. The number of benzene rings is 2. The number of carbonyl (C=O) groups excluding carboxylic acids is 1. The predicted molar refractivity (Wildman–Crippen MR) is 85.2 cm³/mol. The van der Waals surface area contributed by atoms with Gasteiger partial charge in [-0.3, -0.25) is 0 Å². The molecule has 0 saturated heterocycles. The van der Waals surface area contributed by atoms with Gasteiger partial charge in [-0.2, -0.15) is 13.2 Å². The van der Waals surface area contributed by atoms with Crippen molar-refractivity contribution in [2.24, 2.45) is 5.73 Å². The van der Waals surface area contributed by atoms with Gasteiger partial charge in [-0.15, -0.1) is 0 Å². The monoisotopic (exact) mass is 358 g/mol. The van der Waals surface area contributed by atoms with Crippen LogP contribution in [0.15, 0.2) is 42.5 Å². The van der Waals surface area contributed by atoms with E-state index in [1.165, 1.54) is 18.2 Å². The van der Waals surface area contributed by atoms with Gasteiger partial charge in [-0.25, -0.2) is 4.79 Å². The van der Waals surface area contributed by atoms with Crippen molar-refractivity contribution in [2.75, 3.05) is 11.9 Å². The number of amides is 1. The van der Waals surface area contributed by atoms with Gasteiger partial charge in [0.1, 0.15) is 0 Å². The molecule has 0 atom stereocenters. The lowest BCUT2D eigenvalue weighted by Crippen LogP contribution is -2.18. The average Bonchev–Trinajstić information content (AvgIpc) is 2.48. The Morgan fingerprint density at radius 3 is 2.33 bits per heavy atom. The number of hydrogen-bond acceptors (Lipinski definition) is 3. The number of carbonyl (C=O) groups is 1. The number of anilines is 1. The molecule has 0 aromatic heterocycles. The highest BCUT2D eigenvalue weighted by molar-refractivity contribution is 6.32. The summed E-state index contributed by atoms with van der Waals surface area (Å²) in [4.78, 5) is 12.5. The molecule has 0 aliphatic heterocycles. The Balaban J connectivity index is 2.10. The summed E-state index contributed by atoms with van der Waals surface area (Å²) in [5.41, 5.74) is 5.65. The lowest BCUT2D eigenvalue weighted by molar-refractivity contribution is -0.137. The molecule has 1 amide bonds. The Morgan fingerprint density at radius 2 is 1.83 bits per heavy atom. The molecule has 0 fully saturated rings. The van der Waals surface area contributed by atoms with E-state index < -0.39 is 17.8 Å². The van der Waals surface area contributed by atoms with Crippen LogP contribution in [0.5, 0.6) is 5.75 Å². The number of nitrogens with zero attached hydrogens (tertiary/aromatic N) is 1. The van der Waals surface area contributed by atoms with Crippen molar-refractivity contribution in [1.82, 2.24) is 0 Å². The molecule has 0 aliphatic rings. The first-order valence-electron chi connectivity index (χ1n) is 6.81. The van der Waals surface area contributed by atoms with Crippen molar-refractivity contribution in [3.63, 3.8) is 0 Å². The van der Waals surface area contributed by atoms with Crippen LogP contribution in [-0.2, 0) is 12.7 Å². The van der Waals surface area contributed by atoms with Gasteiger partial charge in [0.2, 0.25) is 0 Å². The van der Waals surface area contributed by atoms with Gasteiger partial charge in [-0.05, 0) is 35.9 Å². The van der Waals surface area contributed by atoms with E-state index in [9.17, 15) is 18.0 Å². The van der Waals surface area contributed by atoms with Crippen LogP contribution in [0.1, 0.15) is 11.1 Å². The molecule has 0 aliphatic carbocycles. The number of alkyl halides is 3. The second kappa shape index (κ2) is 7.00. The predicted octanol–water partition coefficient (Wildman–Crippen LogP) is 4.45. The largest absolute Gasteiger partial charge is 0.416 e. The molecule has 24 heavy (non-hydrogen) atoms. The Labute approximate surface area is 141 Å². The van der Waals surface area contributed by atoms with Gasteiger partial charge < -0.3 is 15.4 Å². The average molecular weight is 359 g/mol. The second-order valence-corrected chi connectivity index (χ2v) is 5.49. The smallest absolute Gasteiger partial charge is 0.409 e. The summed E-state index contributed by atoms with van der Waals surface area (Å²) in [6.45, 7) is 0.379. The summed E-state index contributed by atoms with van der Waals surface area (Å²) < 4.78 is 42.4. The molecule has 0 bridgehead atoms. The molecule has 2 rings (SSSR count). The van der Waals surface area contributed by atoms with Gasteiger partial charge in [0.15, 0.2) is 5.75 Å². The number of nitrogens with two attached hydrogens (primary N) is 1. The van der Waals surface area contributed by atoms with Crippen molar-refractivity contribution in [3.8, 4) is 5.75 Å². The number of rotatable bonds is 4. The fourth-order valence-electron chi connectivity index (χ4n) is 2.08. The topological polar surface area (TPSA) is 55.6 Å². The highest BCUT2D eigenvalue weighted by Crippen LogP contribution is 2.31. The Kier molecular flexibility index (Phi) is 5.23. The van der Waals surface area contributed by atoms with Crippen LogP contribution < -0.4 is 15.4 Å². The standard InChI is InChI=1S/C16H14ClF3N2O2/c1-22(9-10-2-4-11(5-3-10)16(18,19)20)12-6-7-14(13(17)8-12)24-15(21)23/h2-8H,9H2,1H3,(H2,21,23). The van der Waals surface area contributed by atoms with E-state index in [4.69, 9.17) is 22.1 Å². The molecule has 0 heterocycles. The van der Waals surface area contributed by atoms with Crippen LogP contribution >= 0.6 is 11.6 Å². The number of hydrogen-bond donors (Lipinski definition) is 1. The lowest BCUT2D eigenvalue weighted by atomic mass is 10.1. The van der Waals surface area contributed by atoms with Gasteiger partial charge in [0.05, 0.1) is 10.6 Å². The minimum atomic E-state index is -4.35. The number of halogens is 4. The van der Waals surface area contributed by atoms with Gasteiger partial charge >= 0.3 is 12.3 Å². The van der Waals surface area contributed by atoms with Gasteiger partial charge in [0, 0.05) is 19.3 Å². The molecular formula is C16H14ClF3N2O2. The Bertz CT molecular complexity index is 733. The maximum Gasteiger partial charge on any atom is 0.416 e. The molecule has 128 valence electrons. The fraction of sp³-hybridized carbons (Fsp3) is 0.188. The summed E-state index contributed by atoms with van der Waals surface area (Å²) in [6, 6.07) is 9.65. The van der Waals surface area contributed by atoms with E-state index in [2.05, 4.69) is 0 Å².